The van der Waals surface area contributed by atoms with E-state index in [2.05, 4.69) is 15.4 Å². The highest BCUT2D eigenvalue weighted by Gasteiger charge is 2.20. The Bertz CT molecular complexity index is 1000. The second kappa shape index (κ2) is 9.06. The molecule has 3 rings (SSSR count). The Kier molecular flexibility index (Phi) is 6.50. The largest absolute Gasteiger partial charge is 0.376 e. The molecule has 2 aromatic carbocycles. The number of sulfonamides is 1. The minimum Gasteiger partial charge on any atom is -0.376 e. The van der Waals surface area contributed by atoms with Gasteiger partial charge < -0.3 is 15.4 Å². The van der Waals surface area contributed by atoms with Crippen molar-refractivity contribution in [3.8, 4) is 0 Å². The van der Waals surface area contributed by atoms with E-state index in [1.54, 1.807) is 36.4 Å². The van der Waals surface area contributed by atoms with E-state index in [0.29, 0.717) is 24.4 Å². The summed E-state index contributed by atoms with van der Waals surface area (Å²) in [6, 6.07) is 12.9. The molecule has 154 valence electrons. The molecule has 2 amide bonds. The molecule has 0 aromatic heterocycles. The number of nitrogens with one attached hydrogen (secondary N) is 3. The van der Waals surface area contributed by atoms with E-state index in [1.165, 1.54) is 12.1 Å². The van der Waals surface area contributed by atoms with Crippen LogP contribution in [-0.4, -0.2) is 45.7 Å². The van der Waals surface area contributed by atoms with Crippen LogP contribution in [0.25, 0.3) is 0 Å². The van der Waals surface area contributed by atoms with E-state index in [9.17, 15) is 18.0 Å². The summed E-state index contributed by atoms with van der Waals surface area (Å²) in [7, 11) is -3.55. The number of anilines is 2. The van der Waals surface area contributed by atoms with Crippen molar-refractivity contribution >= 4 is 33.2 Å². The van der Waals surface area contributed by atoms with Gasteiger partial charge in [-0.05, 0) is 37.1 Å². The fourth-order valence-corrected chi connectivity index (χ4v) is 3.63. The number of carbonyl (C=O) groups is 2. The minimum absolute atomic E-state index is 0.00893. The number of hydrogen-bond donors (Lipinski definition) is 3. The van der Waals surface area contributed by atoms with E-state index >= 15 is 0 Å². The van der Waals surface area contributed by atoms with Crippen LogP contribution in [0.3, 0.4) is 0 Å². The number of rotatable bonds is 7. The SMILES string of the molecule is CS(=O)(=O)Nc1ccccc1C(=O)Nc1ccccc1C(=O)NC[C@@H]1CCCO1. The van der Waals surface area contributed by atoms with Crippen molar-refractivity contribution in [2.75, 3.05) is 29.4 Å². The van der Waals surface area contributed by atoms with Crippen LogP contribution in [0, 0.1) is 0 Å². The van der Waals surface area contributed by atoms with Gasteiger partial charge in [0.25, 0.3) is 11.8 Å². The van der Waals surface area contributed by atoms with E-state index in [0.717, 1.165) is 19.1 Å². The third kappa shape index (κ3) is 5.78. The zero-order valence-electron chi connectivity index (χ0n) is 16.0. The van der Waals surface area contributed by atoms with Crippen molar-refractivity contribution in [3.63, 3.8) is 0 Å². The highest BCUT2D eigenvalue weighted by atomic mass is 32.2. The first-order chi connectivity index (χ1) is 13.8. The molecule has 9 heteroatoms. The summed E-state index contributed by atoms with van der Waals surface area (Å²) >= 11 is 0. The van der Waals surface area contributed by atoms with Crippen LogP contribution >= 0.6 is 0 Å². The van der Waals surface area contributed by atoms with Gasteiger partial charge in [-0.25, -0.2) is 8.42 Å². The van der Waals surface area contributed by atoms with Gasteiger partial charge in [0.15, 0.2) is 0 Å². The van der Waals surface area contributed by atoms with E-state index < -0.39 is 15.9 Å². The Morgan fingerprint density at radius 1 is 1.00 bits per heavy atom. The molecule has 0 aliphatic carbocycles. The van der Waals surface area contributed by atoms with Gasteiger partial charge in [-0.2, -0.15) is 0 Å². The van der Waals surface area contributed by atoms with Crippen LogP contribution in [-0.2, 0) is 14.8 Å². The summed E-state index contributed by atoms with van der Waals surface area (Å²) in [6.07, 6.45) is 2.90. The van der Waals surface area contributed by atoms with Crippen molar-refractivity contribution in [1.82, 2.24) is 5.32 Å². The Balaban J connectivity index is 1.75. The monoisotopic (exact) mass is 417 g/mol. The van der Waals surface area contributed by atoms with Gasteiger partial charge in [0.2, 0.25) is 10.0 Å². The summed E-state index contributed by atoms with van der Waals surface area (Å²) < 4.78 is 30.9. The molecular formula is C20H23N3O5S. The number of para-hydroxylation sites is 2. The van der Waals surface area contributed by atoms with Crippen molar-refractivity contribution < 1.29 is 22.7 Å². The standard InChI is InChI=1S/C20H23N3O5S/c1-29(26,27)23-18-11-5-3-9-16(18)20(25)22-17-10-4-2-8-15(17)19(24)21-13-14-7-6-12-28-14/h2-5,8-11,14,23H,6-7,12-13H2,1H3,(H,21,24)(H,22,25)/t14-/m0/s1. The second-order valence-corrected chi connectivity index (χ2v) is 8.51. The van der Waals surface area contributed by atoms with Gasteiger partial charge in [-0.3, -0.25) is 14.3 Å². The molecule has 1 saturated heterocycles. The normalized spacial score (nSPS) is 16.2. The maximum absolute atomic E-state index is 12.8. The predicted molar refractivity (Wildman–Crippen MR) is 111 cm³/mol. The predicted octanol–water partition coefficient (Wildman–Crippen LogP) is 2.22. The molecule has 0 saturated carbocycles. The Morgan fingerprint density at radius 3 is 2.24 bits per heavy atom. The quantitative estimate of drug-likeness (QED) is 0.639. The van der Waals surface area contributed by atoms with Crippen molar-refractivity contribution in [2.45, 2.75) is 18.9 Å². The molecular weight excluding hydrogens is 394 g/mol. The van der Waals surface area contributed by atoms with Crippen molar-refractivity contribution in [2.24, 2.45) is 0 Å². The summed E-state index contributed by atoms with van der Waals surface area (Å²) in [6.45, 7) is 1.11. The Labute approximate surface area is 169 Å². The molecule has 8 nitrogen and oxygen atoms in total. The summed E-state index contributed by atoms with van der Waals surface area (Å²) in [4.78, 5) is 25.4. The smallest absolute Gasteiger partial charge is 0.257 e. The Morgan fingerprint density at radius 2 is 1.62 bits per heavy atom. The van der Waals surface area contributed by atoms with Crippen LogP contribution in [0.4, 0.5) is 11.4 Å². The molecule has 0 radical (unpaired) electrons. The van der Waals surface area contributed by atoms with Crippen LogP contribution < -0.4 is 15.4 Å². The lowest BCUT2D eigenvalue weighted by Gasteiger charge is -2.15. The third-order valence-corrected chi connectivity index (χ3v) is 4.99. The van der Waals surface area contributed by atoms with E-state index in [4.69, 9.17) is 4.74 Å². The summed E-state index contributed by atoms with van der Waals surface area (Å²) in [5, 5.41) is 5.53. The Hall–Kier alpha value is -2.91. The molecule has 1 aliphatic heterocycles. The van der Waals surface area contributed by atoms with Crippen LogP contribution in [0.1, 0.15) is 33.6 Å². The van der Waals surface area contributed by atoms with E-state index in [-0.39, 0.29) is 23.3 Å². The highest BCUT2D eigenvalue weighted by molar-refractivity contribution is 7.92. The lowest BCUT2D eigenvalue weighted by molar-refractivity contribution is 0.0858. The van der Waals surface area contributed by atoms with Crippen molar-refractivity contribution in [3.05, 3.63) is 59.7 Å². The number of benzene rings is 2. The molecule has 0 unspecified atom stereocenters. The molecule has 29 heavy (non-hydrogen) atoms. The number of hydrogen-bond acceptors (Lipinski definition) is 5. The summed E-state index contributed by atoms with van der Waals surface area (Å²) in [5.41, 5.74) is 0.948. The maximum Gasteiger partial charge on any atom is 0.257 e. The van der Waals surface area contributed by atoms with Crippen LogP contribution in [0.2, 0.25) is 0 Å². The fraction of sp³-hybridized carbons (Fsp3) is 0.300. The second-order valence-electron chi connectivity index (χ2n) is 6.76. The zero-order chi connectivity index (χ0) is 20.9. The van der Waals surface area contributed by atoms with Crippen molar-refractivity contribution in [1.29, 1.82) is 0 Å². The van der Waals surface area contributed by atoms with E-state index in [1.807, 2.05) is 0 Å². The first-order valence-electron chi connectivity index (χ1n) is 9.20. The first-order valence-corrected chi connectivity index (χ1v) is 11.1. The van der Waals surface area contributed by atoms with Gasteiger partial charge in [0.05, 0.1) is 34.9 Å². The lowest BCUT2D eigenvalue weighted by Crippen LogP contribution is -2.32. The highest BCUT2D eigenvalue weighted by Crippen LogP contribution is 2.21. The van der Waals surface area contributed by atoms with Gasteiger partial charge >= 0.3 is 0 Å². The summed E-state index contributed by atoms with van der Waals surface area (Å²) in [5.74, 6) is -0.852. The molecule has 2 aromatic rings. The van der Waals surface area contributed by atoms with Crippen LogP contribution in [0.15, 0.2) is 48.5 Å². The van der Waals surface area contributed by atoms with Crippen LogP contribution in [0.5, 0.6) is 0 Å². The first kappa shape index (κ1) is 20.8. The molecule has 1 heterocycles. The molecule has 3 N–H and O–H groups in total. The van der Waals surface area contributed by atoms with Gasteiger partial charge in [-0.15, -0.1) is 0 Å². The third-order valence-electron chi connectivity index (χ3n) is 4.40. The number of carbonyl (C=O) groups excluding carboxylic acids is 2. The fourth-order valence-electron chi connectivity index (χ4n) is 3.06. The zero-order valence-corrected chi connectivity index (χ0v) is 16.8. The van der Waals surface area contributed by atoms with Gasteiger partial charge in [0.1, 0.15) is 0 Å². The molecule has 0 spiro atoms. The average molecular weight is 417 g/mol. The minimum atomic E-state index is -3.55. The average Bonchev–Trinajstić information content (AvgIpc) is 3.19. The number of ether oxygens (including phenoxy) is 1. The molecule has 1 aliphatic rings. The molecule has 0 bridgehead atoms. The molecule has 1 atom stereocenters. The topological polar surface area (TPSA) is 114 Å². The van der Waals surface area contributed by atoms with Gasteiger partial charge in [-0.1, -0.05) is 24.3 Å². The van der Waals surface area contributed by atoms with Gasteiger partial charge in [0, 0.05) is 13.2 Å². The lowest BCUT2D eigenvalue weighted by atomic mass is 10.1. The maximum atomic E-state index is 12.8. The number of amides is 2. The molecule has 1 fully saturated rings.